The predicted molar refractivity (Wildman–Crippen MR) is 78.4 cm³/mol. The van der Waals surface area contributed by atoms with E-state index in [2.05, 4.69) is 15.0 Å². The van der Waals surface area contributed by atoms with Gasteiger partial charge in [0.05, 0.1) is 11.9 Å². The van der Waals surface area contributed by atoms with E-state index in [1.54, 1.807) is 6.20 Å². The lowest BCUT2D eigenvalue weighted by molar-refractivity contribution is -0.144. The Bertz CT molecular complexity index is 704. The summed E-state index contributed by atoms with van der Waals surface area (Å²) in [7, 11) is 0. The molecule has 0 aliphatic rings. The molecule has 1 N–H and O–H groups in total. The number of hydrogen-bond donors (Lipinski definition) is 1. The standard InChI is InChI=1S/C16H15N3O2/c20-15(21-11-12-5-2-1-3-6-12)9-8-14-18-13-7-4-10-17-16(13)19-14/h1-7,10H,8-9,11H2,(H,17,18,19). The van der Waals surface area contributed by atoms with Crippen molar-refractivity contribution in [3.63, 3.8) is 0 Å². The lowest BCUT2D eigenvalue weighted by Crippen LogP contribution is -2.06. The molecule has 0 aliphatic carbocycles. The van der Waals surface area contributed by atoms with Crippen LogP contribution < -0.4 is 0 Å². The van der Waals surface area contributed by atoms with Gasteiger partial charge in [-0.25, -0.2) is 9.97 Å². The molecule has 106 valence electrons. The summed E-state index contributed by atoms with van der Waals surface area (Å²) in [5.41, 5.74) is 2.54. The van der Waals surface area contributed by atoms with E-state index in [4.69, 9.17) is 4.74 Å². The third-order valence-corrected chi connectivity index (χ3v) is 3.12. The largest absolute Gasteiger partial charge is 0.461 e. The van der Waals surface area contributed by atoms with Gasteiger partial charge in [0.2, 0.25) is 0 Å². The lowest BCUT2D eigenvalue weighted by Gasteiger charge is -2.03. The number of rotatable bonds is 5. The lowest BCUT2D eigenvalue weighted by atomic mass is 10.2. The Balaban J connectivity index is 1.51. The van der Waals surface area contributed by atoms with Crippen molar-refractivity contribution in [3.05, 3.63) is 60.0 Å². The van der Waals surface area contributed by atoms with Gasteiger partial charge in [-0.05, 0) is 17.7 Å². The molecule has 0 spiro atoms. The number of aryl methyl sites for hydroxylation is 1. The number of imidazole rings is 1. The van der Waals surface area contributed by atoms with Crippen LogP contribution >= 0.6 is 0 Å². The molecule has 5 heteroatoms. The molecule has 2 heterocycles. The first-order chi connectivity index (χ1) is 10.3. The smallest absolute Gasteiger partial charge is 0.306 e. The molecule has 0 atom stereocenters. The van der Waals surface area contributed by atoms with Crippen LogP contribution in [-0.2, 0) is 22.6 Å². The normalized spacial score (nSPS) is 10.7. The average Bonchev–Trinajstić information content (AvgIpc) is 2.95. The van der Waals surface area contributed by atoms with Crippen molar-refractivity contribution in [3.8, 4) is 0 Å². The first kappa shape index (κ1) is 13.3. The van der Waals surface area contributed by atoms with E-state index in [1.165, 1.54) is 0 Å². The minimum Gasteiger partial charge on any atom is -0.461 e. The molecule has 0 saturated carbocycles. The van der Waals surface area contributed by atoms with Crippen LogP contribution in [0.15, 0.2) is 48.7 Å². The summed E-state index contributed by atoms with van der Waals surface area (Å²) >= 11 is 0. The number of carbonyl (C=O) groups is 1. The maximum atomic E-state index is 11.7. The number of carbonyl (C=O) groups excluding carboxylic acids is 1. The third kappa shape index (κ3) is 3.45. The van der Waals surface area contributed by atoms with Crippen LogP contribution in [0.25, 0.3) is 11.2 Å². The Hall–Kier alpha value is -2.69. The Labute approximate surface area is 122 Å². The van der Waals surface area contributed by atoms with E-state index in [9.17, 15) is 4.79 Å². The van der Waals surface area contributed by atoms with Gasteiger partial charge in [-0.15, -0.1) is 0 Å². The highest BCUT2D eigenvalue weighted by molar-refractivity contribution is 5.71. The highest BCUT2D eigenvalue weighted by atomic mass is 16.5. The van der Waals surface area contributed by atoms with Crippen molar-refractivity contribution >= 4 is 17.1 Å². The SMILES string of the molecule is O=C(CCc1nc2ncccc2[nH]1)OCc1ccccc1. The fourth-order valence-corrected chi connectivity index (χ4v) is 2.04. The van der Waals surface area contributed by atoms with Crippen LogP contribution in [0.1, 0.15) is 17.8 Å². The fraction of sp³-hybridized carbons (Fsp3) is 0.188. The van der Waals surface area contributed by atoms with Gasteiger partial charge in [0.1, 0.15) is 12.4 Å². The van der Waals surface area contributed by atoms with Gasteiger partial charge in [-0.1, -0.05) is 30.3 Å². The Morgan fingerprint density at radius 3 is 2.81 bits per heavy atom. The van der Waals surface area contributed by atoms with E-state index in [1.807, 2.05) is 42.5 Å². The number of H-pyrrole nitrogens is 1. The highest BCUT2D eigenvalue weighted by Gasteiger charge is 2.08. The quantitative estimate of drug-likeness (QED) is 0.730. The zero-order valence-electron chi connectivity index (χ0n) is 11.5. The van der Waals surface area contributed by atoms with E-state index in [0.717, 1.165) is 16.9 Å². The van der Waals surface area contributed by atoms with Crippen molar-refractivity contribution in [1.29, 1.82) is 0 Å². The van der Waals surface area contributed by atoms with Gasteiger partial charge >= 0.3 is 5.97 Å². The van der Waals surface area contributed by atoms with Crippen molar-refractivity contribution in [2.45, 2.75) is 19.4 Å². The number of esters is 1. The number of aromatic nitrogens is 3. The molecule has 3 aromatic rings. The molecule has 0 aliphatic heterocycles. The zero-order chi connectivity index (χ0) is 14.5. The van der Waals surface area contributed by atoms with Crippen LogP contribution in [0, 0.1) is 0 Å². The molecule has 0 unspecified atom stereocenters. The number of fused-ring (bicyclic) bond motifs is 1. The minimum atomic E-state index is -0.229. The second kappa shape index (κ2) is 6.17. The molecule has 0 radical (unpaired) electrons. The first-order valence-corrected chi connectivity index (χ1v) is 6.80. The van der Waals surface area contributed by atoms with Crippen molar-refractivity contribution in [1.82, 2.24) is 15.0 Å². The number of ether oxygens (including phenoxy) is 1. The molecule has 1 aromatic carbocycles. The zero-order valence-corrected chi connectivity index (χ0v) is 11.5. The minimum absolute atomic E-state index is 0.229. The van der Waals surface area contributed by atoms with Gasteiger partial charge in [0, 0.05) is 12.6 Å². The molecular weight excluding hydrogens is 266 g/mol. The average molecular weight is 281 g/mol. The number of nitrogens with one attached hydrogen (secondary N) is 1. The summed E-state index contributed by atoms with van der Waals surface area (Å²) in [5, 5.41) is 0. The summed E-state index contributed by atoms with van der Waals surface area (Å²) < 4.78 is 5.23. The van der Waals surface area contributed by atoms with E-state index in [0.29, 0.717) is 25.1 Å². The molecule has 0 amide bonds. The van der Waals surface area contributed by atoms with Gasteiger partial charge < -0.3 is 9.72 Å². The first-order valence-electron chi connectivity index (χ1n) is 6.80. The number of nitrogens with zero attached hydrogens (tertiary/aromatic N) is 2. The van der Waals surface area contributed by atoms with E-state index in [-0.39, 0.29) is 5.97 Å². The van der Waals surface area contributed by atoms with Crippen molar-refractivity contribution in [2.75, 3.05) is 0 Å². The number of pyridine rings is 1. The topological polar surface area (TPSA) is 67.9 Å². The van der Waals surface area contributed by atoms with Crippen LogP contribution in [0.4, 0.5) is 0 Å². The number of hydrogen-bond acceptors (Lipinski definition) is 4. The second-order valence-electron chi connectivity index (χ2n) is 4.70. The summed E-state index contributed by atoms with van der Waals surface area (Å²) in [6.45, 7) is 0.307. The molecule has 0 bridgehead atoms. The van der Waals surface area contributed by atoms with Crippen LogP contribution in [0.3, 0.4) is 0 Å². The van der Waals surface area contributed by atoms with Gasteiger partial charge in [0.15, 0.2) is 5.65 Å². The fourth-order valence-electron chi connectivity index (χ4n) is 2.04. The summed E-state index contributed by atoms with van der Waals surface area (Å²) in [5.74, 6) is 0.521. The molecule has 21 heavy (non-hydrogen) atoms. The number of aromatic amines is 1. The van der Waals surface area contributed by atoms with Crippen molar-refractivity contribution in [2.24, 2.45) is 0 Å². The van der Waals surface area contributed by atoms with Crippen LogP contribution in [0.5, 0.6) is 0 Å². The van der Waals surface area contributed by atoms with E-state index < -0.39 is 0 Å². The van der Waals surface area contributed by atoms with Crippen molar-refractivity contribution < 1.29 is 9.53 Å². The summed E-state index contributed by atoms with van der Waals surface area (Å²) in [4.78, 5) is 23.3. The Morgan fingerprint density at radius 2 is 2.00 bits per heavy atom. The second-order valence-corrected chi connectivity index (χ2v) is 4.70. The van der Waals surface area contributed by atoms with Gasteiger partial charge in [-0.3, -0.25) is 4.79 Å². The van der Waals surface area contributed by atoms with Crippen LogP contribution in [0.2, 0.25) is 0 Å². The predicted octanol–water partition coefficient (Wildman–Crippen LogP) is 2.63. The van der Waals surface area contributed by atoms with Gasteiger partial charge in [-0.2, -0.15) is 0 Å². The van der Waals surface area contributed by atoms with Gasteiger partial charge in [0.25, 0.3) is 0 Å². The summed E-state index contributed by atoms with van der Waals surface area (Å²) in [6, 6.07) is 13.4. The van der Waals surface area contributed by atoms with Crippen LogP contribution in [-0.4, -0.2) is 20.9 Å². The molecule has 5 nitrogen and oxygen atoms in total. The Morgan fingerprint density at radius 1 is 1.14 bits per heavy atom. The third-order valence-electron chi connectivity index (χ3n) is 3.12. The molecule has 0 saturated heterocycles. The monoisotopic (exact) mass is 281 g/mol. The molecular formula is C16H15N3O2. The molecule has 0 fully saturated rings. The highest BCUT2D eigenvalue weighted by Crippen LogP contribution is 2.09. The van der Waals surface area contributed by atoms with E-state index >= 15 is 0 Å². The Kier molecular flexibility index (Phi) is 3.91. The molecule has 2 aromatic heterocycles. The maximum Gasteiger partial charge on any atom is 0.306 e. The summed E-state index contributed by atoms with van der Waals surface area (Å²) in [6.07, 6.45) is 2.51. The maximum absolute atomic E-state index is 11.7. The number of benzene rings is 1. The molecule has 3 rings (SSSR count).